The van der Waals surface area contributed by atoms with E-state index in [2.05, 4.69) is 19.9 Å². The van der Waals surface area contributed by atoms with E-state index in [4.69, 9.17) is 11.6 Å². The van der Waals surface area contributed by atoms with Gasteiger partial charge in [0.15, 0.2) is 0 Å². The summed E-state index contributed by atoms with van der Waals surface area (Å²) in [7, 11) is 0. The molecule has 0 atom stereocenters. The molecule has 0 bridgehead atoms. The summed E-state index contributed by atoms with van der Waals surface area (Å²) < 4.78 is 61.2. The van der Waals surface area contributed by atoms with Crippen LogP contribution < -0.4 is 0 Å². The lowest BCUT2D eigenvalue weighted by molar-refractivity contribution is -0.134. The predicted octanol–water partition coefficient (Wildman–Crippen LogP) is 11.2. The van der Waals surface area contributed by atoms with Crippen LogP contribution in [0, 0.1) is 0 Å². The number of alkyl halides is 5. The van der Waals surface area contributed by atoms with Crippen molar-refractivity contribution in [2.75, 3.05) is 0 Å². The lowest BCUT2D eigenvalue weighted by Crippen LogP contribution is -2.00. The molecular weight excluding hydrogens is 503 g/mol. The Kier molecular flexibility index (Phi) is 11.9. The van der Waals surface area contributed by atoms with Crippen LogP contribution in [0.1, 0.15) is 90.1 Å². The van der Waals surface area contributed by atoms with Gasteiger partial charge in [-0.25, -0.2) is 8.78 Å². The Morgan fingerprint density at radius 2 is 1.03 bits per heavy atom. The molecule has 0 aliphatic heterocycles. The molecule has 3 aromatic heterocycles. The molecule has 0 unspecified atom stereocenters. The average Bonchev–Trinajstić information content (AvgIpc) is 3.42. The summed E-state index contributed by atoms with van der Waals surface area (Å²) in [6, 6.07) is 9.98. The van der Waals surface area contributed by atoms with Crippen LogP contribution in [0.15, 0.2) is 36.4 Å². The van der Waals surface area contributed by atoms with Gasteiger partial charge in [0.25, 0.3) is 6.43 Å². The van der Waals surface area contributed by atoms with Gasteiger partial charge >= 0.3 is 6.18 Å². The fourth-order valence-electron chi connectivity index (χ4n) is 2.25. The van der Waals surface area contributed by atoms with Crippen molar-refractivity contribution < 1.29 is 22.0 Å². The number of thiophene rings is 3. The molecule has 0 nitrogen and oxygen atoms in total. The third kappa shape index (κ3) is 9.89. The molecule has 0 fully saturated rings. The van der Waals surface area contributed by atoms with E-state index < -0.39 is 17.5 Å². The van der Waals surface area contributed by atoms with Crippen molar-refractivity contribution in [3.63, 3.8) is 0 Å². The third-order valence-electron chi connectivity index (χ3n) is 4.07. The number of rotatable bonds is 4. The summed E-state index contributed by atoms with van der Waals surface area (Å²) in [5.74, 6) is 1.14. The topological polar surface area (TPSA) is 0 Å². The van der Waals surface area contributed by atoms with E-state index in [-0.39, 0.29) is 10.8 Å². The largest absolute Gasteiger partial charge is 0.425 e. The predicted molar refractivity (Wildman–Crippen MR) is 130 cm³/mol. The van der Waals surface area contributed by atoms with Gasteiger partial charge in [-0.3, -0.25) is 0 Å². The van der Waals surface area contributed by atoms with Crippen LogP contribution in [0.4, 0.5) is 22.0 Å². The van der Waals surface area contributed by atoms with Crippen LogP contribution in [0.5, 0.6) is 0 Å². The lowest BCUT2D eigenvalue weighted by Gasteiger charge is -2.01. The molecule has 0 saturated heterocycles. The SMILES string of the molecule is CC(C)c1ccc(C(F)(F)F)s1.CC(C)c1ccc(C(F)F)s1.CC(C)c1ccc(Cl)s1. The third-order valence-corrected chi connectivity index (χ3v) is 8.43. The van der Waals surface area contributed by atoms with Crippen LogP contribution in [0.25, 0.3) is 0 Å². The van der Waals surface area contributed by atoms with E-state index in [0.29, 0.717) is 11.8 Å². The van der Waals surface area contributed by atoms with Crippen LogP contribution in [-0.2, 0) is 6.18 Å². The fraction of sp³-hybridized carbons (Fsp3) is 0.478. The van der Waals surface area contributed by atoms with Crippen molar-refractivity contribution in [3.05, 3.63) is 65.1 Å². The van der Waals surface area contributed by atoms with Crippen molar-refractivity contribution in [1.82, 2.24) is 0 Å². The van der Waals surface area contributed by atoms with Crippen LogP contribution in [0.2, 0.25) is 4.34 Å². The molecule has 0 saturated carbocycles. The lowest BCUT2D eigenvalue weighted by atomic mass is 10.2. The number of hydrogen-bond donors (Lipinski definition) is 0. The summed E-state index contributed by atoms with van der Waals surface area (Å²) in [6.45, 7) is 12.1. The highest BCUT2D eigenvalue weighted by atomic mass is 35.5. The van der Waals surface area contributed by atoms with E-state index in [9.17, 15) is 22.0 Å². The highest BCUT2D eigenvalue weighted by molar-refractivity contribution is 7.16. The summed E-state index contributed by atoms with van der Waals surface area (Å²) in [5.41, 5.74) is 0. The van der Waals surface area contributed by atoms with Gasteiger partial charge in [0, 0.05) is 14.6 Å². The minimum Gasteiger partial charge on any atom is -0.204 e. The zero-order chi connectivity index (χ0) is 24.6. The first-order valence-electron chi connectivity index (χ1n) is 10.0. The molecule has 32 heavy (non-hydrogen) atoms. The van der Waals surface area contributed by atoms with Gasteiger partial charge < -0.3 is 0 Å². The van der Waals surface area contributed by atoms with Gasteiger partial charge in [-0.2, -0.15) is 13.2 Å². The molecule has 0 aliphatic rings. The van der Waals surface area contributed by atoms with Gasteiger partial charge in [-0.1, -0.05) is 53.1 Å². The Morgan fingerprint density at radius 1 is 0.625 bits per heavy atom. The first-order valence-corrected chi connectivity index (χ1v) is 12.8. The molecule has 0 N–H and O–H groups in total. The molecule has 0 spiro atoms. The minimum absolute atomic E-state index is 0.172. The normalized spacial score (nSPS) is 11.6. The quantitative estimate of drug-likeness (QED) is 0.294. The summed E-state index contributed by atoms with van der Waals surface area (Å²) in [5, 5.41) is 0. The van der Waals surface area contributed by atoms with E-state index in [0.717, 1.165) is 31.5 Å². The van der Waals surface area contributed by atoms with E-state index in [1.165, 1.54) is 28.3 Å². The molecule has 3 rings (SSSR count). The molecule has 9 heteroatoms. The molecule has 3 heterocycles. The summed E-state index contributed by atoms with van der Waals surface area (Å²) in [6.07, 6.45) is -6.50. The van der Waals surface area contributed by atoms with Gasteiger partial charge in [0.05, 0.1) is 9.21 Å². The zero-order valence-corrected chi connectivity index (χ0v) is 22.0. The second kappa shape index (κ2) is 13.1. The molecule has 180 valence electrons. The fourth-order valence-corrected chi connectivity index (χ4v) is 5.06. The van der Waals surface area contributed by atoms with E-state index in [1.54, 1.807) is 17.4 Å². The maximum absolute atomic E-state index is 12.1. The summed E-state index contributed by atoms with van der Waals surface area (Å²) >= 11 is 9.41. The molecular formula is C23H28ClF5S3. The Labute approximate surface area is 204 Å². The van der Waals surface area contributed by atoms with Crippen LogP contribution in [0.3, 0.4) is 0 Å². The van der Waals surface area contributed by atoms with Crippen molar-refractivity contribution in [2.24, 2.45) is 0 Å². The maximum Gasteiger partial charge on any atom is 0.425 e. The van der Waals surface area contributed by atoms with E-state index in [1.807, 2.05) is 33.8 Å². The zero-order valence-electron chi connectivity index (χ0n) is 18.8. The van der Waals surface area contributed by atoms with Crippen LogP contribution >= 0.6 is 45.6 Å². The first kappa shape index (κ1) is 29.1. The average molecular weight is 531 g/mol. The van der Waals surface area contributed by atoms with Crippen molar-refractivity contribution in [1.29, 1.82) is 0 Å². The Hall–Kier alpha value is -0.960. The van der Waals surface area contributed by atoms with Crippen molar-refractivity contribution in [2.45, 2.75) is 71.9 Å². The first-order chi connectivity index (χ1) is 14.7. The maximum atomic E-state index is 12.1. The summed E-state index contributed by atoms with van der Waals surface area (Å²) in [4.78, 5) is 2.84. The molecule has 0 aromatic carbocycles. The van der Waals surface area contributed by atoms with Crippen molar-refractivity contribution in [3.8, 4) is 0 Å². The highest BCUT2D eigenvalue weighted by Crippen LogP contribution is 2.36. The van der Waals surface area contributed by atoms with E-state index >= 15 is 0 Å². The highest BCUT2D eigenvalue weighted by Gasteiger charge is 2.32. The number of halogens is 6. The smallest absolute Gasteiger partial charge is 0.204 e. The standard InChI is InChI=1S/C8H9F3S.C8H10F2S.C7H9ClS/c1-5(2)6-3-4-7(12-6)8(9,10)11;1-5(2)6-3-4-7(11-6)8(9)10;1-5(2)6-3-4-7(8)9-6/h3-5H,1-2H3;3-5,8H,1-2H3;3-5H,1-2H3. The van der Waals surface area contributed by atoms with Gasteiger partial charge in [-0.15, -0.1) is 34.0 Å². The molecule has 0 amide bonds. The second-order valence-corrected chi connectivity index (χ2v) is 11.9. The monoisotopic (exact) mass is 530 g/mol. The second-order valence-electron chi connectivity index (χ2n) is 7.85. The van der Waals surface area contributed by atoms with Crippen LogP contribution in [-0.4, -0.2) is 0 Å². The van der Waals surface area contributed by atoms with Crippen molar-refractivity contribution >= 4 is 45.6 Å². The Balaban J connectivity index is 0.000000242. The number of hydrogen-bond acceptors (Lipinski definition) is 3. The van der Waals surface area contributed by atoms with Gasteiger partial charge in [0.1, 0.15) is 4.88 Å². The van der Waals surface area contributed by atoms with Gasteiger partial charge in [-0.05, 0) is 54.2 Å². The Morgan fingerprint density at radius 3 is 1.28 bits per heavy atom. The van der Waals surface area contributed by atoms with Gasteiger partial charge in [0.2, 0.25) is 0 Å². The minimum atomic E-state index is -4.18. The molecule has 0 radical (unpaired) electrons. The Bertz CT molecular complexity index is 898. The molecule has 3 aromatic rings. The molecule has 0 aliphatic carbocycles.